The monoisotopic (exact) mass is 338 g/mol. The van der Waals surface area contributed by atoms with Crippen LogP contribution in [0, 0.1) is 0 Å². The number of hydrogen-bond donors (Lipinski definition) is 1. The van der Waals surface area contributed by atoms with Crippen LogP contribution < -0.4 is 15.1 Å². The normalized spacial score (nSPS) is 22.1. The summed E-state index contributed by atoms with van der Waals surface area (Å²) in [5, 5.41) is 3.53. The summed E-state index contributed by atoms with van der Waals surface area (Å²) in [6.45, 7) is 3.85. The maximum atomic E-state index is 4.73. The second-order valence-corrected chi connectivity index (χ2v) is 6.88. The van der Waals surface area contributed by atoms with Gasteiger partial charge in [-0.1, -0.05) is 18.2 Å². The van der Waals surface area contributed by atoms with Crippen molar-refractivity contribution < 1.29 is 0 Å². The van der Waals surface area contributed by atoms with Gasteiger partial charge in [0, 0.05) is 44.3 Å². The quantitative estimate of drug-likeness (QED) is 0.806. The van der Waals surface area contributed by atoms with Gasteiger partial charge in [0.25, 0.3) is 0 Å². The number of piperazine rings is 1. The highest BCUT2D eigenvalue weighted by atomic mass is 32.2. The Morgan fingerprint density at radius 2 is 1.75 bits per heavy atom. The molecule has 1 fully saturated rings. The number of pyridine rings is 1. The molecule has 5 rings (SSSR count). The molecule has 1 saturated heterocycles. The minimum absolute atomic E-state index is 0.186. The van der Waals surface area contributed by atoms with Gasteiger partial charge in [0.05, 0.1) is 11.4 Å². The number of anilines is 3. The van der Waals surface area contributed by atoms with Crippen molar-refractivity contribution >= 4 is 35.1 Å². The minimum Gasteiger partial charge on any atom is -0.353 e. The summed E-state index contributed by atoms with van der Waals surface area (Å²) in [5.74, 6) is 2.13. The number of benzene rings is 1. The summed E-state index contributed by atoms with van der Waals surface area (Å²) in [6.07, 6.45) is 1.86. The first kappa shape index (κ1) is 14.0. The first-order valence-corrected chi connectivity index (χ1v) is 9.03. The molecule has 0 bridgehead atoms. The summed E-state index contributed by atoms with van der Waals surface area (Å²) in [5.41, 5.74) is 2.60. The van der Waals surface area contributed by atoms with Crippen molar-refractivity contribution in [1.29, 1.82) is 0 Å². The molecule has 7 heteroatoms. The van der Waals surface area contributed by atoms with Crippen molar-refractivity contribution in [2.45, 2.75) is 5.50 Å². The van der Waals surface area contributed by atoms with Gasteiger partial charge in [0.1, 0.15) is 5.82 Å². The van der Waals surface area contributed by atoms with Crippen molar-refractivity contribution in [2.75, 3.05) is 41.3 Å². The molecule has 0 saturated carbocycles. The Morgan fingerprint density at radius 3 is 2.58 bits per heavy atom. The molecule has 1 atom stereocenters. The number of nitrogens with one attached hydrogen (secondary N) is 1. The van der Waals surface area contributed by atoms with Crippen molar-refractivity contribution in [3.63, 3.8) is 0 Å². The third-order valence-corrected chi connectivity index (χ3v) is 5.46. The number of fused-ring (bicyclic) bond motifs is 3. The van der Waals surface area contributed by atoms with Crippen LogP contribution in [-0.4, -0.2) is 47.5 Å². The fourth-order valence-corrected chi connectivity index (χ4v) is 4.32. The van der Waals surface area contributed by atoms with Crippen LogP contribution in [0.5, 0.6) is 0 Å². The van der Waals surface area contributed by atoms with E-state index < -0.39 is 0 Å². The zero-order valence-electron chi connectivity index (χ0n) is 13.2. The van der Waals surface area contributed by atoms with Gasteiger partial charge in [-0.15, -0.1) is 0 Å². The van der Waals surface area contributed by atoms with Gasteiger partial charge >= 0.3 is 0 Å². The van der Waals surface area contributed by atoms with Crippen molar-refractivity contribution in [3.05, 3.63) is 48.7 Å². The van der Waals surface area contributed by atoms with E-state index in [1.54, 1.807) is 11.9 Å². The molecule has 24 heavy (non-hydrogen) atoms. The Labute approximate surface area is 145 Å². The van der Waals surface area contributed by atoms with E-state index in [-0.39, 0.29) is 5.50 Å². The molecule has 6 nitrogen and oxygen atoms in total. The van der Waals surface area contributed by atoms with E-state index >= 15 is 0 Å². The van der Waals surface area contributed by atoms with Gasteiger partial charge in [-0.3, -0.25) is 4.90 Å². The summed E-state index contributed by atoms with van der Waals surface area (Å²) < 4.78 is 4.73. The largest absolute Gasteiger partial charge is 0.353 e. The molecule has 1 unspecified atom stereocenters. The number of guanidine groups is 1. The third kappa shape index (κ3) is 2.19. The zero-order chi connectivity index (χ0) is 15.9. The molecule has 2 aromatic rings. The third-order valence-electron chi connectivity index (χ3n) is 4.66. The predicted molar refractivity (Wildman–Crippen MR) is 99.4 cm³/mol. The van der Waals surface area contributed by atoms with E-state index in [0.29, 0.717) is 0 Å². The zero-order valence-corrected chi connectivity index (χ0v) is 14.0. The molecule has 3 aliphatic heterocycles. The molecular weight excluding hydrogens is 320 g/mol. The van der Waals surface area contributed by atoms with E-state index in [1.807, 2.05) is 18.3 Å². The van der Waals surface area contributed by atoms with E-state index in [0.717, 1.165) is 38.0 Å². The van der Waals surface area contributed by atoms with E-state index in [4.69, 9.17) is 4.40 Å². The van der Waals surface area contributed by atoms with Crippen LogP contribution in [0.1, 0.15) is 0 Å². The number of hydrogen-bond acceptors (Lipinski definition) is 7. The molecule has 1 aromatic heterocycles. The van der Waals surface area contributed by atoms with Crippen LogP contribution in [0.25, 0.3) is 0 Å². The highest BCUT2D eigenvalue weighted by molar-refractivity contribution is 7.99. The number of rotatable bonds is 1. The first-order chi connectivity index (χ1) is 11.9. The highest BCUT2D eigenvalue weighted by Gasteiger charge is 2.40. The van der Waals surface area contributed by atoms with Crippen LogP contribution in [0.4, 0.5) is 17.2 Å². The molecule has 0 aliphatic carbocycles. The summed E-state index contributed by atoms with van der Waals surface area (Å²) >= 11 is 1.60. The Hall–Kier alpha value is -2.41. The lowest BCUT2D eigenvalue weighted by Crippen LogP contribution is -2.53. The highest BCUT2D eigenvalue weighted by Crippen LogP contribution is 2.42. The molecule has 3 aliphatic rings. The van der Waals surface area contributed by atoms with Crippen molar-refractivity contribution in [1.82, 2.24) is 9.88 Å². The lowest BCUT2D eigenvalue weighted by Gasteiger charge is -2.38. The van der Waals surface area contributed by atoms with E-state index in [1.165, 1.54) is 11.4 Å². The second-order valence-electron chi connectivity index (χ2n) is 6.04. The molecule has 1 N–H and O–H groups in total. The fourth-order valence-electron chi connectivity index (χ4n) is 3.44. The summed E-state index contributed by atoms with van der Waals surface area (Å²) in [7, 11) is 0. The van der Waals surface area contributed by atoms with Crippen molar-refractivity contribution in [3.8, 4) is 0 Å². The average molecular weight is 338 g/mol. The summed E-state index contributed by atoms with van der Waals surface area (Å²) in [4.78, 5) is 11.5. The van der Waals surface area contributed by atoms with Crippen LogP contribution in [0.3, 0.4) is 0 Å². The van der Waals surface area contributed by atoms with Gasteiger partial charge < -0.3 is 15.1 Å². The molecule has 0 amide bonds. The topological polar surface area (TPSA) is 47.0 Å². The van der Waals surface area contributed by atoms with E-state index in [2.05, 4.69) is 55.3 Å². The first-order valence-electron chi connectivity index (χ1n) is 8.20. The van der Waals surface area contributed by atoms with Crippen LogP contribution in [-0.2, 0) is 0 Å². The summed E-state index contributed by atoms with van der Waals surface area (Å²) in [6, 6.07) is 14.5. The predicted octanol–water partition coefficient (Wildman–Crippen LogP) is 2.44. The van der Waals surface area contributed by atoms with Gasteiger partial charge in [-0.05, 0) is 24.3 Å². The van der Waals surface area contributed by atoms with Gasteiger partial charge in [-0.2, -0.15) is 4.40 Å². The van der Waals surface area contributed by atoms with Crippen LogP contribution in [0.15, 0.2) is 53.1 Å². The van der Waals surface area contributed by atoms with Crippen LogP contribution >= 0.6 is 11.9 Å². The van der Waals surface area contributed by atoms with Gasteiger partial charge in [0.2, 0.25) is 5.96 Å². The molecule has 0 spiro atoms. The SMILES string of the molecule is c1ccc(N2CCN(C3=NSC4Nc5ccccc5N34)CC2)nc1. The van der Waals surface area contributed by atoms with Crippen molar-refractivity contribution in [2.24, 2.45) is 4.40 Å². The van der Waals surface area contributed by atoms with E-state index in [9.17, 15) is 0 Å². The number of aromatic nitrogens is 1. The second kappa shape index (κ2) is 5.59. The Kier molecular flexibility index (Phi) is 3.26. The molecule has 4 heterocycles. The lowest BCUT2D eigenvalue weighted by atomic mass is 10.2. The van der Waals surface area contributed by atoms with Crippen LogP contribution in [0.2, 0.25) is 0 Å². The molecule has 122 valence electrons. The maximum absolute atomic E-state index is 4.73. The Bertz CT molecular complexity index is 772. The minimum atomic E-state index is 0.186. The number of para-hydroxylation sites is 2. The van der Waals surface area contributed by atoms with Gasteiger partial charge in [0.15, 0.2) is 5.50 Å². The molecule has 0 radical (unpaired) electrons. The standard InChI is InChI=1S/C17H18N6S/c1-2-6-14-13(5-1)19-17-23(14)16(20-24-17)22-11-9-21(10-12-22)15-7-3-4-8-18-15/h1-8,17,19H,9-12H2. The maximum Gasteiger partial charge on any atom is 0.215 e. The Balaban J connectivity index is 1.32. The molecule has 1 aromatic carbocycles. The smallest absolute Gasteiger partial charge is 0.215 e. The lowest BCUT2D eigenvalue weighted by molar-refractivity contribution is 0.380. The Morgan fingerprint density at radius 1 is 0.958 bits per heavy atom. The number of nitrogens with zero attached hydrogens (tertiary/aromatic N) is 5. The molecular formula is C17H18N6S. The fraction of sp³-hybridized carbons (Fsp3) is 0.294. The average Bonchev–Trinajstić information content (AvgIpc) is 3.22. The van der Waals surface area contributed by atoms with Gasteiger partial charge in [-0.25, -0.2) is 4.98 Å².